The topological polar surface area (TPSA) is 92.2 Å². The van der Waals surface area contributed by atoms with Crippen molar-refractivity contribution < 1.29 is 27.9 Å². The Hall–Kier alpha value is -1.36. The third kappa shape index (κ3) is 5.03. The fraction of sp³-hybridized carbons (Fsp3) is 0.500. The predicted molar refractivity (Wildman–Crippen MR) is 60.9 cm³/mol. The van der Waals surface area contributed by atoms with E-state index < -0.39 is 29.1 Å². The van der Waals surface area contributed by atoms with Gasteiger partial charge >= 0.3 is 12.1 Å². The van der Waals surface area contributed by atoms with Gasteiger partial charge in [-0.1, -0.05) is 23.1 Å². The van der Waals surface area contributed by atoms with Crippen molar-refractivity contribution in [3.05, 3.63) is 5.01 Å². The van der Waals surface area contributed by atoms with Gasteiger partial charge in [0.1, 0.15) is 6.04 Å². The summed E-state index contributed by atoms with van der Waals surface area (Å²) in [5.41, 5.74) is 0. The van der Waals surface area contributed by atoms with Crippen LogP contribution >= 0.6 is 23.1 Å². The molecule has 1 atom stereocenters. The molecule has 0 saturated carbocycles. The van der Waals surface area contributed by atoms with Crippen LogP contribution in [0.25, 0.3) is 0 Å². The van der Waals surface area contributed by atoms with Crippen molar-refractivity contribution in [1.82, 2.24) is 15.5 Å². The van der Waals surface area contributed by atoms with Crippen molar-refractivity contribution in [1.29, 1.82) is 0 Å². The number of alkyl halides is 3. The molecule has 0 aliphatic carbocycles. The Labute approximate surface area is 113 Å². The first kappa shape index (κ1) is 15.7. The highest BCUT2D eigenvalue weighted by Crippen LogP contribution is 2.34. The van der Waals surface area contributed by atoms with E-state index in [-0.39, 0.29) is 10.1 Å². The molecule has 0 saturated heterocycles. The highest BCUT2D eigenvalue weighted by Gasteiger charge is 2.35. The van der Waals surface area contributed by atoms with E-state index in [1.807, 2.05) is 0 Å². The van der Waals surface area contributed by atoms with Crippen LogP contribution in [-0.4, -0.2) is 39.0 Å². The second kappa shape index (κ2) is 6.19. The number of carboxylic acids is 1. The second-order valence-electron chi connectivity index (χ2n) is 3.27. The fourth-order valence-corrected chi connectivity index (χ4v) is 2.71. The lowest BCUT2D eigenvalue weighted by Crippen LogP contribution is -2.41. The summed E-state index contributed by atoms with van der Waals surface area (Å²) < 4.78 is 36.7. The maximum absolute atomic E-state index is 12.2. The standard InChI is InChI=1S/C8H8F3N3O3S2/c1-3(15)12-4(5(16)17)2-18-7-14-13-6(19-7)8(9,10)11/h4H,2H2,1H3,(H,12,15)(H,16,17)/t4-/m0/s1. The van der Waals surface area contributed by atoms with Crippen LogP contribution in [0.2, 0.25) is 0 Å². The van der Waals surface area contributed by atoms with E-state index in [1.54, 1.807) is 0 Å². The number of carbonyl (C=O) groups excluding carboxylic acids is 1. The van der Waals surface area contributed by atoms with E-state index in [0.29, 0.717) is 11.3 Å². The molecule has 0 aliphatic rings. The minimum atomic E-state index is -4.57. The van der Waals surface area contributed by atoms with E-state index in [4.69, 9.17) is 5.11 Å². The van der Waals surface area contributed by atoms with Crippen LogP contribution in [0.15, 0.2) is 4.34 Å². The average molecular weight is 315 g/mol. The average Bonchev–Trinajstić information content (AvgIpc) is 2.71. The molecule has 6 nitrogen and oxygen atoms in total. The highest BCUT2D eigenvalue weighted by atomic mass is 32.2. The number of nitrogens with zero attached hydrogens (tertiary/aromatic N) is 2. The second-order valence-corrected chi connectivity index (χ2v) is 5.52. The first-order valence-corrected chi connectivity index (χ1v) is 6.53. The van der Waals surface area contributed by atoms with Gasteiger partial charge in [-0.3, -0.25) is 4.79 Å². The highest BCUT2D eigenvalue weighted by molar-refractivity contribution is 8.01. The van der Waals surface area contributed by atoms with Crippen LogP contribution in [0.4, 0.5) is 13.2 Å². The van der Waals surface area contributed by atoms with Gasteiger partial charge in [0.2, 0.25) is 10.9 Å². The minimum absolute atomic E-state index is 0.0103. The van der Waals surface area contributed by atoms with Gasteiger partial charge in [-0.25, -0.2) is 4.79 Å². The molecule has 0 fully saturated rings. The van der Waals surface area contributed by atoms with Crippen LogP contribution < -0.4 is 5.32 Å². The van der Waals surface area contributed by atoms with Gasteiger partial charge in [-0.05, 0) is 0 Å². The van der Waals surface area contributed by atoms with Gasteiger partial charge in [0.05, 0.1) is 0 Å². The first-order valence-electron chi connectivity index (χ1n) is 4.73. The molecule has 1 rings (SSSR count). The van der Waals surface area contributed by atoms with E-state index in [2.05, 4.69) is 15.5 Å². The van der Waals surface area contributed by atoms with Crippen LogP contribution in [0.1, 0.15) is 11.9 Å². The molecule has 1 aromatic heterocycles. The van der Waals surface area contributed by atoms with Crippen molar-refractivity contribution in [2.75, 3.05) is 5.75 Å². The lowest BCUT2D eigenvalue weighted by atomic mass is 10.3. The lowest BCUT2D eigenvalue weighted by molar-refractivity contribution is -0.140. The molecule has 0 aromatic carbocycles. The smallest absolute Gasteiger partial charge is 0.445 e. The van der Waals surface area contributed by atoms with Gasteiger partial charge < -0.3 is 10.4 Å². The van der Waals surface area contributed by atoms with E-state index in [9.17, 15) is 22.8 Å². The molecule has 2 N–H and O–H groups in total. The molecule has 1 amide bonds. The zero-order chi connectivity index (χ0) is 14.6. The SMILES string of the molecule is CC(=O)N[C@@H](CSc1nnc(C(F)(F)F)s1)C(=O)O. The monoisotopic (exact) mass is 315 g/mol. The van der Waals surface area contributed by atoms with Crippen molar-refractivity contribution in [3.8, 4) is 0 Å². The number of aliphatic carboxylic acids is 1. The molecule has 0 radical (unpaired) electrons. The minimum Gasteiger partial charge on any atom is -0.480 e. The molecule has 0 spiro atoms. The Morgan fingerprint density at radius 2 is 2.11 bits per heavy atom. The maximum atomic E-state index is 12.2. The number of halogens is 3. The molecule has 0 unspecified atom stereocenters. The lowest BCUT2D eigenvalue weighted by Gasteiger charge is -2.11. The molecular weight excluding hydrogens is 307 g/mol. The van der Waals surface area contributed by atoms with Crippen molar-refractivity contribution >= 4 is 35.0 Å². The third-order valence-corrected chi connectivity index (χ3v) is 3.89. The quantitative estimate of drug-likeness (QED) is 0.794. The number of thioether (sulfide) groups is 1. The molecule has 1 aromatic rings. The molecule has 0 bridgehead atoms. The van der Waals surface area contributed by atoms with Crippen LogP contribution in [0.3, 0.4) is 0 Å². The van der Waals surface area contributed by atoms with E-state index in [0.717, 1.165) is 18.7 Å². The number of carbonyl (C=O) groups is 2. The Kier molecular flexibility index (Phi) is 5.11. The Morgan fingerprint density at radius 3 is 2.53 bits per heavy atom. The predicted octanol–water partition coefficient (Wildman–Crippen LogP) is 1.24. The summed E-state index contributed by atoms with van der Waals surface area (Å²) in [4.78, 5) is 21.5. The van der Waals surface area contributed by atoms with Crippen molar-refractivity contribution in [2.45, 2.75) is 23.5 Å². The number of carboxylic acid groups (broad SMARTS) is 1. The number of amides is 1. The van der Waals surface area contributed by atoms with Crippen molar-refractivity contribution in [2.24, 2.45) is 0 Å². The van der Waals surface area contributed by atoms with E-state index in [1.165, 1.54) is 0 Å². The Balaban J connectivity index is 2.62. The fourth-order valence-electron chi connectivity index (χ4n) is 0.957. The van der Waals surface area contributed by atoms with Gasteiger partial charge in [-0.15, -0.1) is 10.2 Å². The molecule has 19 heavy (non-hydrogen) atoms. The van der Waals surface area contributed by atoms with Crippen LogP contribution in [-0.2, 0) is 15.8 Å². The Morgan fingerprint density at radius 1 is 1.47 bits per heavy atom. The Bertz CT molecular complexity index is 477. The summed E-state index contributed by atoms with van der Waals surface area (Å²) in [6.45, 7) is 1.15. The summed E-state index contributed by atoms with van der Waals surface area (Å²) in [7, 11) is 0. The number of aromatic nitrogens is 2. The number of rotatable bonds is 5. The molecule has 11 heteroatoms. The zero-order valence-corrected chi connectivity index (χ0v) is 11.0. The first-order chi connectivity index (χ1) is 8.70. The largest absolute Gasteiger partial charge is 0.480 e. The summed E-state index contributed by atoms with van der Waals surface area (Å²) in [6, 6.07) is -1.19. The normalized spacial score (nSPS) is 13.1. The molecular formula is C8H8F3N3O3S2. The van der Waals surface area contributed by atoms with Gasteiger partial charge in [0.25, 0.3) is 0 Å². The van der Waals surface area contributed by atoms with Gasteiger partial charge in [0, 0.05) is 12.7 Å². The summed E-state index contributed by atoms with van der Waals surface area (Å²) in [5.74, 6) is -1.95. The zero-order valence-electron chi connectivity index (χ0n) is 9.39. The van der Waals surface area contributed by atoms with Gasteiger partial charge in [0.15, 0.2) is 4.34 Å². The van der Waals surface area contributed by atoms with E-state index >= 15 is 0 Å². The summed E-state index contributed by atoms with van der Waals surface area (Å²) in [5, 5.41) is 16.1. The van der Waals surface area contributed by atoms with Crippen molar-refractivity contribution in [3.63, 3.8) is 0 Å². The third-order valence-electron chi connectivity index (χ3n) is 1.70. The maximum Gasteiger partial charge on any atom is 0.445 e. The number of nitrogens with one attached hydrogen (secondary N) is 1. The van der Waals surface area contributed by atoms with Crippen LogP contribution in [0.5, 0.6) is 0 Å². The van der Waals surface area contributed by atoms with Gasteiger partial charge in [-0.2, -0.15) is 13.2 Å². The molecule has 0 aliphatic heterocycles. The molecule has 1 heterocycles. The number of hydrogen-bond acceptors (Lipinski definition) is 6. The summed E-state index contributed by atoms with van der Waals surface area (Å²) >= 11 is 1.11. The summed E-state index contributed by atoms with van der Waals surface area (Å²) in [6.07, 6.45) is -4.57. The van der Waals surface area contributed by atoms with Crippen LogP contribution in [0, 0.1) is 0 Å². The number of hydrogen-bond donors (Lipinski definition) is 2. The molecule has 106 valence electrons.